The molecule has 0 saturated carbocycles. The number of carbonyl (C=O) groups excluding carboxylic acids is 1. The molecule has 1 aromatic heterocycles. The molecule has 0 aliphatic heterocycles. The maximum atomic E-state index is 12.9. The van der Waals surface area contributed by atoms with E-state index in [1.165, 1.54) is 33.5 Å². The number of nitrogens with two attached hydrogens (primary N) is 1. The second-order valence-corrected chi connectivity index (χ2v) is 5.98. The molecule has 2 aromatic rings. The molecule has 0 aliphatic rings. The van der Waals surface area contributed by atoms with Gasteiger partial charge in [0, 0.05) is 19.7 Å². The Bertz CT molecular complexity index is 641. The molecule has 21 heavy (non-hydrogen) atoms. The van der Waals surface area contributed by atoms with E-state index in [0.29, 0.717) is 16.5 Å². The van der Waals surface area contributed by atoms with Gasteiger partial charge >= 0.3 is 0 Å². The van der Waals surface area contributed by atoms with Gasteiger partial charge in [0.25, 0.3) is 0 Å². The number of amides is 1. The van der Waals surface area contributed by atoms with E-state index in [0.717, 1.165) is 0 Å². The number of halogens is 1. The summed E-state index contributed by atoms with van der Waals surface area (Å²) in [7, 11) is 3.38. The zero-order chi connectivity index (χ0) is 15.6. The minimum absolute atomic E-state index is 0.0358. The Labute approximate surface area is 126 Å². The largest absolute Gasteiger partial charge is 0.348 e. The van der Waals surface area contributed by atoms with E-state index < -0.39 is 0 Å². The first-order valence-electron chi connectivity index (χ1n) is 6.24. The van der Waals surface area contributed by atoms with Crippen molar-refractivity contribution in [1.29, 1.82) is 0 Å². The predicted molar refractivity (Wildman–Crippen MR) is 79.6 cm³/mol. The van der Waals surface area contributed by atoms with Crippen LogP contribution in [0, 0.1) is 5.82 Å². The maximum Gasteiger partial charge on any atom is 0.235 e. The van der Waals surface area contributed by atoms with E-state index >= 15 is 0 Å². The fourth-order valence-corrected chi connectivity index (χ4v) is 2.64. The van der Waals surface area contributed by atoms with Crippen molar-refractivity contribution in [3.05, 3.63) is 30.1 Å². The lowest BCUT2D eigenvalue weighted by atomic mass is 10.2. The number of benzene rings is 1. The van der Waals surface area contributed by atoms with Crippen LogP contribution in [0.2, 0.25) is 0 Å². The number of nitrogens with zero attached hydrogens (tertiary/aromatic N) is 4. The van der Waals surface area contributed by atoms with Crippen molar-refractivity contribution in [3.8, 4) is 11.4 Å². The highest BCUT2D eigenvalue weighted by atomic mass is 32.2. The van der Waals surface area contributed by atoms with E-state index in [4.69, 9.17) is 5.84 Å². The normalized spacial score (nSPS) is 12.2. The van der Waals surface area contributed by atoms with Gasteiger partial charge in [0.2, 0.25) is 11.1 Å². The summed E-state index contributed by atoms with van der Waals surface area (Å²) in [5.41, 5.74) is 0.657. The second-order valence-electron chi connectivity index (χ2n) is 4.68. The van der Waals surface area contributed by atoms with Gasteiger partial charge in [-0.25, -0.2) is 9.07 Å². The average molecular weight is 309 g/mol. The third kappa shape index (κ3) is 3.33. The van der Waals surface area contributed by atoms with Gasteiger partial charge in [0.05, 0.1) is 5.25 Å². The molecule has 1 aromatic carbocycles. The summed E-state index contributed by atoms with van der Waals surface area (Å²) in [5.74, 6) is 6.00. The van der Waals surface area contributed by atoms with Crippen LogP contribution in [-0.4, -0.2) is 45.0 Å². The van der Waals surface area contributed by atoms with Crippen molar-refractivity contribution in [1.82, 2.24) is 19.8 Å². The van der Waals surface area contributed by atoms with Crippen molar-refractivity contribution >= 4 is 17.7 Å². The summed E-state index contributed by atoms with van der Waals surface area (Å²) >= 11 is 1.22. The fourth-order valence-electron chi connectivity index (χ4n) is 1.73. The summed E-state index contributed by atoms with van der Waals surface area (Å²) in [6.45, 7) is 1.78. The Balaban J connectivity index is 2.21. The molecule has 1 amide bonds. The second kappa shape index (κ2) is 6.13. The van der Waals surface area contributed by atoms with Crippen molar-refractivity contribution in [3.63, 3.8) is 0 Å². The Morgan fingerprint density at radius 1 is 1.33 bits per heavy atom. The molecule has 0 unspecified atom stereocenters. The SMILES string of the molecule is C[C@H](Sc1nnc(-c2ccc(F)cc2)n1N)C(=O)N(C)C. The summed E-state index contributed by atoms with van der Waals surface area (Å²) < 4.78 is 14.2. The lowest BCUT2D eigenvalue weighted by Crippen LogP contribution is -2.30. The van der Waals surface area contributed by atoms with E-state index in [-0.39, 0.29) is 17.0 Å². The molecular formula is C13H16FN5OS. The highest BCUT2D eigenvalue weighted by molar-refractivity contribution is 8.00. The van der Waals surface area contributed by atoms with Crippen LogP contribution in [0.25, 0.3) is 11.4 Å². The topological polar surface area (TPSA) is 77.0 Å². The van der Waals surface area contributed by atoms with Crippen molar-refractivity contribution < 1.29 is 9.18 Å². The van der Waals surface area contributed by atoms with E-state index in [2.05, 4.69) is 10.2 Å². The minimum Gasteiger partial charge on any atom is -0.348 e. The van der Waals surface area contributed by atoms with Crippen LogP contribution in [0.1, 0.15) is 6.92 Å². The molecule has 8 heteroatoms. The summed E-state index contributed by atoms with van der Waals surface area (Å²) in [6.07, 6.45) is 0. The van der Waals surface area contributed by atoms with Crippen LogP contribution in [0.3, 0.4) is 0 Å². The average Bonchev–Trinajstić information content (AvgIpc) is 2.80. The number of hydrogen-bond donors (Lipinski definition) is 1. The molecule has 0 aliphatic carbocycles. The Hall–Kier alpha value is -2.09. The molecule has 0 spiro atoms. The lowest BCUT2D eigenvalue weighted by molar-refractivity contribution is -0.127. The molecule has 6 nitrogen and oxygen atoms in total. The van der Waals surface area contributed by atoms with Gasteiger partial charge in [-0.2, -0.15) is 0 Å². The monoisotopic (exact) mass is 309 g/mol. The molecule has 0 radical (unpaired) electrons. The standard InChI is InChI=1S/C13H16FN5OS/c1-8(12(20)18(2)3)21-13-17-16-11(19(13)15)9-4-6-10(14)7-5-9/h4-8H,15H2,1-3H3/t8-/m0/s1. The number of aromatic nitrogens is 3. The van der Waals surface area contributed by atoms with Gasteiger partial charge < -0.3 is 10.7 Å². The highest BCUT2D eigenvalue weighted by Gasteiger charge is 2.20. The first-order chi connectivity index (χ1) is 9.90. The smallest absolute Gasteiger partial charge is 0.235 e. The first kappa shape index (κ1) is 15.3. The molecule has 1 heterocycles. The Morgan fingerprint density at radius 3 is 2.52 bits per heavy atom. The van der Waals surface area contributed by atoms with E-state index in [1.54, 1.807) is 33.2 Å². The molecule has 0 saturated heterocycles. The van der Waals surface area contributed by atoms with Gasteiger partial charge in [0.1, 0.15) is 5.82 Å². The molecule has 0 bridgehead atoms. The molecule has 1 atom stereocenters. The Morgan fingerprint density at radius 2 is 1.95 bits per heavy atom. The predicted octanol–water partition coefficient (Wildman–Crippen LogP) is 1.37. The van der Waals surface area contributed by atoms with Gasteiger partial charge in [-0.05, 0) is 31.2 Å². The van der Waals surface area contributed by atoms with E-state index in [1.807, 2.05) is 0 Å². The van der Waals surface area contributed by atoms with Crippen LogP contribution in [0.4, 0.5) is 4.39 Å². The zero-order valence-electron chi connectivity index (χ0n) is 11.9. The van der Waals surface area contributed by atoms with Crippen molar-refractivity contribution in [2.75, 3.05) is 19.9 Å². The molecular weight excluding hydrogens is 293 g/mol. The van der Waals surface area contributed by atoms with Gasteiger partial charge in [0.15, 0.2) is 5.82 Å². The van der Waals surface area contributed by atoms with E-state index in [9.17, 15) is 9.18 Å². The number of hydrogen-bond acceptors (Lipinski definition) is 5. The van der Waals surface area contributed by atoms with Crippen LogP contribution < -0.4 is 5.84 Å². The number of carbonyl (C=O) groups is 1. The van der Waals surface area contributed by atoms with Crippen LogP contribution in [0.15, 0.2) is 29.4 Å². The summed E-state index contributed by atoms with van der Waals surface area (Å²) in [5, 5.41) is 8.08. The molecule has 112 valence electrons. The zero-order valence-corrected chi connectivity index (χ0v) is 12.8. The van der Waals surface area contributed by atoms with Crippen LogP contribution in [0.5, 0.6) is 0 Å². The molecule has 2 rings (SSSR count). The summed E-state index contributed by atoms with van der Waals surface area (Å²) in [4.78, 5) is 13.3. The Kier molecular flexibility index (Phi) is 4.46. The third-order valence-corrected chi connectivity index (χ3v) is 3.88. The number of nitrogen functional groups attached to an aromatic ring is 1. The molecule has 0 fully saturated rings. The molecule has 2 N–H and O–H groups in total. The first-order valence-corrected chi connectivity index (χ1v) is 7.12. The van der Waals surface area contributed by atoms with Gasteiger partial charge in [-0.15, -0.1) is 10.2 Å². The maximum absolute atomic E-state index is 12.9. The van der Waals surface area contributed by atoms with Gasteiger partial charge in [-0.1, -0.05) is 11.8 Å². The van der Waals surface area contributed by atoms with Crippen LogP contribution >= 0.6 is 11.8 Å². The minimum atomic E-state index is -0.332. The van der Waals surface area contributed by atoms with Crippen molar-refractivity contribution in [2.45, 2.75) is 17.3 Å². The number of rotatable bonds is 4. The summed E-state index contributed by atoms with van der Waals surface area (Å²) in [6, 6.07) is 5.81. The number of thioether (sulfide) groups is 1. The third-order valence-electron chi connectivity index (χ3n) is 2.84. The fraction of sp³-hybridized carbons (Fsp3) is 0.308. The quantitative estimate of drug-likeness (QED) is 0.682. The highest BCUT2D eigenvalue weighted by Crippen LogP contribution is 2.25. The van der Waals surface area contributed by atoms with Crippen LogP contribution in [-0.2, 0) is 4.79 Å². The lowest BCUT2D eigenvalue weighted by Gasteiger charge is -2.15. The van der Waals surface area contributed by atoms with Crippen molar-refractivity contribution in [2.24, 2.45) is 0 Å². The van der Waals surface area contributed by atoms with Gasteiger partial charge in [-0.3, -0.25) is 4.79 Å².